The van der Waals surface area contributed by atoms with E-state index in [1.54, 1.807) is 42.6 Å². The van der Waals surface area contributed by atoms with Crippen molar-refractivity contribution in [2.24, 2.45) is 0 Å². The molecule has 0 saturated carbocycles. The van der Waals surface area contributed by atoms with Gasteiger partial charge in [0.1, 0.15) is 0 Å². The summed E-state index contributed by atoms with van der Waals surface area (Å²) in [6.45, 7) is 1.49. The molecule has 2 N–H and O–H groups in total. The Balaban J connectivity index is 0.00000182. The number of halogens is 2. The van der Waals surface area contributed by atoms with Gasteiger partial charge in [0.15, 0.2) is 0 Å². The van der Waals surface area contributed by atoms with Crippen LogP contribution in [0, 0.1) is 0 Å². The average Bonchev–Trinajstić information content (AvgIpc) is 2.68. The van der Waals surface area contributed by atoms with E-state index in [2.05, 4.69) is 15.6 Å². The molecule has 1 aliphatic rings. The number of piperidine rings is 1. The van der Waals surface area contributed by atoms with Gasteiger partial charge in [-0.1, -0.05) is 6.07 Å². The molecule has 3 rings (SSSR count). The monoisotopic (exact) mass is 410 g/mol. The number of amides is 2. The van der Waals surface area contributed by atoms with Gasteiger partial charge in [-0.05, 0) is 50.2 Å². The van der Waals surface area contributed by atoms with Crippen LogP contribution in [0.1, 0.15) is 33.6 Å². The molecule has 2 heterocycles. The third kappa shape index (κ3) is 5.92. The number of benzene rings is 1. The van der Waals surface area contributed by atoms with Gasteiger partial charge >= 0.3 is 0 Å². The van der Waals surface area contributed by atoms with Crippen LogP contribution in [0.15, 0.2) is 48.8 Å². The number of carbonyl (C=O) groups excluding carboxylic acids is 2. The fourth-order valence-corrected chi connectivity index (χ4v) is 2.98. The number of pyridine rings is 1. The predicted molar refractivity (Wildman–Crippen MR) is 111 cm³/mol. The van der Waals surface area contributed by atoms with Crippen LogP contribution < -0.4 is 10.6 Å². The van der Waals surface area contributed by atoms with Crippen molar-refractivity contribution in [1.82, 2.24) is 15.2 Å². The van der Waals surface area contributed by atoms with E-state index in [4.69, 9.17) is 0 Å². The van der Waals surface area contributed by atoms with Crippen LogP contribution in [0.2, 0.25) is 0 Å². The maximum atomic E-state index is 12.7. The molecular formula is C19H24Cl2N4O2. The molecule has 2 amide bonds. The highest BCUT2D eigenvalue weighted by Gasteiger charge is 2.22. The zero-order valence-electron chi connectivity index (χ0n) is 15.1. The maximum absolute atomic E-state index is 12.7. The van der Waals surface area contributed by atoms with Gasteiger partial charge in [0.05, 0.1) is 5.56 Å². The van der Waals surface area contributed by atoms with Crippen LogP contribution in [0.3, 0.4) is 0 Å². The highest BCUT2D eigenvalue weighted by Crippen LogP contribution is 2.17. The standard InChI is InChI=1S/C19H22N4O2.2ClH/c1-20-16-7-10-23(11-8-16)19(25)14-4-2-6-17(12-14)22-18(24)15-5-3-9-21-13-15;;/h2-6,9,12-13,16,20H,7-8,10-11H2,1H3,(H,22,24);2*1H. The van der Waals surface area contributed by atoms with E-state index in [0.29, 0.717) is 22.9 Å². The third-order valence-electron chi connectivity index (χ3n) is 4.48. The molecule has 2 aromatic rings. The van der Waals surface area contributed by atoms with Gasteiger partial charge in [-0.3, -0.25) is 14.6 Å². The first-order valence-electron chi connectivity index (χ1n) is 8.45. The predicted octanol–water partition coefficient (Wildman–Crippen LogP) is 3.00. The van der Waals surface area contributed by atoms with Crippen molar-refractivity contribution in [3.05, 3.63) is 59.9 Å². The lowest BCUT2D eigenvalue weighted by atomic mass is 10.0. The fraction of sp³-hybridized carbons (Fsp3) is 0.316. The molecule has 0 aliphatic carbocycles. The number of hydrogen-bond acceptors (Lipinski definition) is 4. The van der Waals surface area contributed by atoms with Crippen LogP contribution in [0.5, 0.6) is 0 Å². The molecule has 0 atom stereocenters. The molecule has 27 heavy (non-hydrogen) atoms. The van der Waals surface area contributed by atoms with Crippen molar-refractivity contribution in [3.63, 3.8) is 0 Å². The van der Waals surface area contributed by atoms with Crippen LogP contribution in [-0.2, 0) is 0 Å². The van der Waals surface area contributed by atoms with Crippen molar-refractivity contribution in [2.75, 3.05) is 25.5 Å². The molecule has 0 bridgehead atoms. The summed E-state index contributed by atoms with van der Waals surface area (Å²) < 4.78 is 0. The first kappa shape index (κ1) is 22.9. The number of carbonyl (C=O) groups is 2. The van der Waals surface area contributed by atoms with Gasteiger partial charge in [-0.2, -0.15) is 0 Å². The van der Waals surface area contributed by atoms with Crippen molar-refractivity contribution in [3.8, 4) is 0 Å². The van der Waals surface area contributed by atoms with Crippen molar-refractivity contribution in [1.29, 1.82) is 0 Å². The van der Waals surface area contributed by atoms with Crippen molar-refractivity contribution in [2.45, 2.75) is 18.9 Å². The van der Waals surface area contributed by atoms with Gasteiger partial charge in [0.2, 0.25) is 0 Å². The summed E-state index contributed by atoms with van der Waals surface area (Å²) in [6.07, 6.45) is 5.04. The minimum absolute atomic E-state index is 0. The molecule has 6 nitrogen and oxygen atoms in total. The highest BCUT2D eigenvalue weighted by molar-refractivity contribution is 6.04. The summed E-state index contributed by atoms with van der Waals surface area (Å²) in [6, 6.07) is 11.0. The number of anilines is 1. The molecule has 0 radical (unpaired) electrons. The lowest BCUT2D eigenvalue weighted by Crippen LogP contribution is -2.43. The number of aromatic nitrogens is 1. The van der Waals surface area contributed by atoms with E-state index in [9.17, 15) is 9.59 Å². The number of hydrogen-bond donors (Lipinski definition) is 2. The van der Waals surface area contributed by atoms with Gasteiger partial charge in [0, 0.05) is 42.8 Å². The first-order valence-corrected chi connectivity index (χ1v) is 8.45. The molecule has 8 heteroatoms. The normalized spacial score (nSPS) is 13.9. The Bertz CT molecular complexity index is 750. The smallest absolute Gasteiger partial charge is 0.257 e. The number of nitrogens with zero attached hydrogens (tertiary/aromatic N) is 2. The molecule has 1 fully saturated rings. The summed E-state index contributed by atoms with van der Waals surface area (Å²) in [4.78, 5) is 30.7. The second kappa shape index (κ2) is 10.9. The van der Waals surface area contributed by atoms with Crippen molar-refractivity contribution >= 4 is 42.3 Å². The summed E-state index contributed by atoms with van der Waals surface area (Å²) in [5.41, 5.74) is 1.67. The zero-order valence-corrected chi connectivity index (χ0v) is 16.7. The maximum Gasteiger partial charge on any atom is 0.257 e. The van der Waals surface area contributed by atoms with E-state index < -0.39 is 0 Å². The van der Waals surface area contributed by atoms with Gasteiger partial charge < -0.3 is 15.5 Å². The van der Waals surface area contributed by atoms with Gasteiger partial charge in [0.25, 0.3) is 11.8 Å². The molecule has 0 spiro atoms. The Hall–Kier alpha value is -2.15. The molecule has 1 saturated heterocycles. The second-order valence-electron chi connectivity index (χ2n) is 6.13. The topological polar surface area (TPSA) is 74.3 Å². The van der Waals surface area contributed by atoms with E-state index in [0.717, 1.165) is 25.9 Å². The molecule has 0 unspecified atom stereocenters. The quantitative estimate of drug-likeness (QED) is 0.811. The highest BCUT2D eigenvalue weighted by atomic mass is 35.5. The second-order valence-corrected chi connectivity index (χ2v) is 6.13. The van der Waals surface area contributed by atoms with Gasteiger partial charge in [-0.15, -0.1) is 24.8 Å². The SMILES string of the molecule is CNC1CCN(C(=O)c2cccc(NC(=O)c3cccnc3)c2)CC1.Cl.Cl. The van der Waals surface area contributed by atoms with E-state index in [1.165, 1.54) is 6.20 Å². The Morgan fingerprint density at radius 3 is 2.41 bits per heavy atom. The first-order chi connectivity index (χ1) is 12.2. The third-order valence-corrected chi connectivity index (χ3v) is 4.48. The average molecular weight is 411 g/mol. The molecular weight excluding hydrogens is 387 g/mol. The summed E-state index contributed by atoms with van der Waals surface area (Å²) in [7, 11) is 1.95. The van der Waals surface area contributed by atoms with Gasteiger partial charge in [-0.25, -0.2) is 0 Å². The lowest BCUT2D eigenvalue weighted by Gasteiger charge is -2.32. The number of likely N-dealkylation sites (tertiary alicyclic amines) is 1. The zero-order chi connectivity index (χ0) is 17.6. The lowest BCUT2D eigenvalue weighted by molar-refractivity contribution is 0.0707. The number of nitrogens with one attached hydrogen (secondary N) is 2. The number of rotatable bonds is 4. The molecule has 1 aliphatic heterocycles. The van der Waals surface area contributed by atoms with Crippen LogP contribution in [0.25, 0.3) is 0 Å². The van der Waals surface area contributed by atoms with Crippen molar-refractivity contribution < 1.29 is 9.59 Å². The van der Waals surface area contributed by atoms with E-state index in [1.807, 2.05) is 11.9 Å². The minimum Gasteiger partial charge on any atom is -0.339 e. The van der Waals surface area contributed by atoms with E-state index >= 15 is 0 Å². The van der Waals surface area contributed by atoms with Crippen LogP contribution in [-0.4, -0.2) is 47.9 Å². The van der Waals surface area contributed by atoms with E-state index in [-0.39, 0.29) is 36.6 Å². The van der Waals surface area contributed by atoms with Crippen LogP contribution >= 0.6 is 24.8 Å². The summed E-state index contributed by atoms with van der Waals surface area (Å²) in [5, 5.41) is 6.07. The minimum atomic E-state index is -0.243. The summed E-state index contributed by atoms with van der Waals surface area (Å²) >= 11 is 0. The molecule has 146 valence electrons. The Kier molecular flexibility index (Phi) is 9.21. The Morgan fingerprint density at radius 1 is 1.07 bits per heavy atom. The summed E-state index contributed by atoms with van der Waals surface area (Å²) in [5.74, 6) is -0.237. The fourth-order valence-electron chi connectivity index (χ4n) is 2.98. The molecule has 1 aromatic carbocycles. The van der Waals surface area contributed by atoms with Crippen LogP contribution in [0.4, 0.5) is 5.69 Å². The Labute approximate surface area is 171 Å². The molecule has 1 aromatic heterocycles. The Morgan fingerprint density at radius 2 is 1.78 bits per heavy atom. The largest absolute Gasteiger partial charge is 0.339 e.